The molecule has 0 aliphatic heterocycles. The Labute approximate surface area is 168 Å². The second-order valence-electron chi connectivity index (χ2n) is 6.89. The van der Waals surface area contributed by atoms with Crippen molar-refractivity contribution in [3.63, 3.8) is 0 Å². The summed E-state index contributed by atoms with van der Waals surface area (Å²) in [5.41, 5.74) is 0.876. The van der Waals surface area contributed by atoms with Crippen LogP contribution in [0, 0.1) is 11.6 Å². The van der Waals surface area contributed by atoms with Crippen molar-refractivity contribution in [2.24, 2.45) is 0 Å². The Balaban J connectivity index is 2.15. The van der Waals surface area contributed by atoms with Crippen LogP contribution in [0.3, 0.4) is 0 Å². The molecule has 0 saturated carbocycles. The minimum Gasteiger partial charge on any atom is -0.489 e. The SMILES string of the molecule is C=CCOc1cccc2c1cc(C(=O)N[C@H](C)CC)n2Cc1c(F)cccc1F. The van der Waals surface area contributed by atoms with E-state index in [0.717, 1.165) is 6.42 Å². The summed E-state index contributed by atoms with van der Waals surface area (Å²) in [4.78, 5) is 12.9. The minimum atomic E-state index is -0.654. The average Bonchev–Trinajstić information content (AvgIpc) is 3.08. The molecule has 0 radical (unpaired) electrons. The van der Waals surface area contributed by atoms with Gasteiger partial charge in [-0.1, -0.05) is 31.7 Å². The lowest BCUT2D eigenvalue weighted by Gasteiger charge is -2.15. The molecule has 1 amide bonds. The summed E-state index contributed by atoms with van der Waals surface area (Å²) in [6.07, 6.45) is 2.39. The molecule has 1 heterocycles. The Morgan fingerprint density at radius 2 is 1.93 bits per heavy atom. The van der Waals surface area contributed by atoms with E-state index in [1.165, 1.54) is 18.2 Å². The molecule has 0 aliphatic carbocycles. The predicted molar refractivity (Wildman–Crippen MR) is 110 cm³/mol. The van der Waals surface area contributed by atoms with Crippen LogP contribution in [0.1, 0.15) is 36.3 Å². The maximum absolute atomic E-state index is 14.3. The number of fused-ring (bicyclic) bond motifs is 1. The zero-order chi connectivity index (χ0) is 21.0. The summed E-state index contributed by atoms with van der Waals surface area (Å²) in [7, 11) is 0. The quantitative estimate of drug-likeness (QED) is 0.539. The normalized spacial score (nSPS) is 12.0. The number of nitrogens with one attached hydrogen (secondary N) is 1. The molecule has 0 bridgehead atoms. The third kappa shape index (κ3) is 4.31. The highest BCUT2D eigenvalue weighted by Gasteiger charge is 2.21. The third-order valence-corrected chi connectivity index (χ3v) is 4.86. The van der Waals surface area contributed by atoms with E-state index in [9.17, 15) is 13.6 Å². The van der Waals surface area contributed by atoms with Gasteiger partial charge in [0.15, 0.2) is 0 Å². The molecule has 0 saturated heterocycles. The van der Waals surface area contributed by atoms with Crippen molar-refractivity contribution >= 4 is 16.8 Å². The van der Waals surface area contributed by atoms with Gasteiger partial charge in [-0.15, -0.1) is 0 Å². The molecule has 3 rings (SSSR count). The monoisotopic (exact) mass is 398 g/mol. The molecule has 152 valence electrons. The summed E-state index contributed by atoms with van der Waals surface area (Å²) in [5, 5.41) is 3.62. The smallest absolute Gasteiger partial charge is 0.268 e. The van der Waals surface area contributed by atoms with Crippen molar-refractivity contribution in [2.45, 2.75) is 32.9 Å². The van der Waals surface area contributed by atoms with Gasteiger partial charge in [-0.25, -0.2) is 8.78 Å². The van der Waals surface area contributed by atoms with Crippen LogP contribution < -0.4 is 10.1 Å². The Morgan fingerprint density at radius 3 is 2.59 bits per heavy atom. The predicted octanol–water partition coefficient (Wildman–Crippen LogP) is 5.06. The van der Waals surface area contributed by atoms with Gasteiger partial charge in [0.05, 0.1) is 12.1 Å². The Hall–Kier alpha value is -3.15. The molecule has 4 nitrogen and oxygen atoms in total. The summed E-state index contributed by atoms with van der Waals surface area (Å²) in [5.74, 6) is -1.03. The molecule has 29 heavy (non-hydrogen) atoms. The molecule has 6 heteroatoms. The molecule has 2 aromatic carbocycles. The second-order valence-corrected chi connectivity index (χ2v) is 6.89. The zero-order valence-corrected chi connectivity index (χ0v) is 16.5. The van der Waals surface area contributed by atoms with Crippen molar-refractivity contribution in [3.05, 3.63) is 78.0 Å². The fourth-order valence-electron chi connectivity index (χ4n) is 3.13. The molecular formula is C23H24F2N2O2. The van der Waals surface area contributed by atoms with E-state index in [0.29, 0.717) is 29.0 Å². The topological polar surface area (TPSA) is 43.3 Å². The number of hydrogen-bond acceptors (Lipinski definition) is 2. The molecule has 0 fully saturated rings. The van der Waals surface area contributed by atoms with E-state index < -0.39 is 11.6 Å². The maximum atomic E-state index is 14.3. The number of hydrogen-bond donors (Lipinski definition) is 1. The first-order valence-electron chi connectivity index (χ1n) is 9.56. The fourth-order valence-corrected chi connectivity index (χ4v) is 3.13. The number of nitrogens with zero attached hydrogens (tertiary/aromatic N) is 1. The lowest BCUT2D eigenvalue weighted by molar-refractivity contribution is 0.0930. The molecule has 1 N–H and O–H groups in total. The van der Waals surface area contributed by atoms with Gasteiger partial charge in [0.25, 0.3) is 5.91 Å². The number of rotatable bonds is 8. The van der Waals surface area contributed by atoms with E-state index in [4.69, 9.17) is 4.74 Å². The standard InChI is InChI=1S/C23H24F2N2O2/c1-4-12-29-22-11-7-10-20-16(22)13-21(23(28)26-15(3)5-2)27(20)14-17-18(24)8-6-9-19(17)25/h4,6-11,13,15H,1,5,12,14H2,2-3H3,(H,26,28)/t15-/m1/s1. The number of ether oxygens (including phenoxy) is 1. The summed E-state index contributed by atoms with van der Waals surface area (Å²) < 4.78 is 35.9. The van der Waals surface area contributed by atoms with Crippen LogP contribution in [-0.4, -0.2) is 23.1 Å². The summed E-state index contributed by atoms with van der Waals surface area (Å²) >= 11 is 0. The maximum Gasteiger partial charge on any atom is 0.268 e. The van der Waals surface area contributed by atoms with Crippen molar-refractivity contribution in [1.29, 1.82) is 0 Å². The average molecular weight is 398 g/mol. The van der Waals surface area contributed by atoms with Gasteiger partial charge in [-0.2, -0.15) is 0 Å². The van der Waals surface area contributed by atoms with Crippen LogP contribution in [0.15, 0.2) is 55.1 Å². The fraction of sp³-hybridized carbons (Fsp3) is 0.261. The lowest BCUT2D eigenvalue weighted by atomic mass is 10.2. The molecule has 3 aromatic rings. The van der Waals surface area contributed by atoms with Crippen molar-refractivity contribution in [2.75, 3.05) is 6.61 Å². The van der Waals surface area contributed by atoms with Crippen LogP contribution in [0.4, 0.5) is 8.78 Å². The Kier molecular flexibility index (Phi) is 6.32. The number of amides is 1. The van der Waals surface area contributed by atoms with Gasteiger partial charge >= 0.3 is 0 Å². The van der Waals surface area contributed by atoms with Crippen LogP contribution in [0.2, 0.25) is 0 Å². The first-order valence-corrected chi connectivity index (χ1v) is 9.56. The van der Waals surface area contributed by atoms with E-state index in [2.05, 4.69) is 11.9 Å². The highest BCUT2D eigenvalue weighted by molar-refractivity contribution is 6.00. The summed E-state index contributed by atoms with van der Waals surface area (Å²) in [6, 6.07) is 10.8. The summed E-state index contributed by atoms with van der Waals surface area (Å²) in [6.45, 7) is 7.71. The lowest BCUT2D eigenvalue weighted by Crippen LogP contribution is -2.33. The van der Waals surface area contributed by atoms with E-state index in [1.807, 2.05) is 13.8 Å². The number of benzene rings is 2. The van der Waals surface area contributed by atoms with Crippen molar-refractivity contribution < 1.29 is 18.3 Å². The second kappa shape index (κ2) is 8.90. The molecule has 0 aliphatic rings. The number of halogens is 2. The highest BCUT2D eigenvalue weighted by Crippen LogP contribution is 2.30. The number of carbonyl (C=O) groups is 1. The molecular weight excluding hydrogens is 374 g/mol. The van der Waals surface area contributed by atoms with Gasteiger partial charge < -0.3 is 14.6 Å². The van der Waals surface area contributed by atoms with Gasteiger partial charge in [0.2, 0.25) is 0 Å². The van der Waals surface area contributed by atoms with Gasteiger partial charge in [-0.05, 0) is 43.7 Å². The number of aromatic nitrogens is 1. The Bertz CT molecular complexity index is 1020. The molecule has 1 atom stereocenters. The largest absolute Gasteiger partial charge is 0.489 e. The van der Waals surface area contributed by atoms with Crippen molar-refractivity contribution in [1.82, 2.24) is 9.88 Å². The van der Waals surface area contributed by atoms with Crippen LogP contribution >= 0.6 is 0 Å². The van der Waals surface area contributed by atoms with Gasteiger partial charge in [0, 0.05) is 17.0 Å². The first-order chi connectivity index (χ1) is 14.0. The van der Waals surface area contributed by atoms with Crippen molar-refractivity contribution in [3.8, 4) is 5.75 Å². The number of carbonyl (C=O) groups excluding carboxylic acids is 1. The molecule has 0 unspecified atom stereocenters. The minimum absolute atomic E-state index is 0.0318. The van der Waals surface area contributed by atoms with Gasteiger partial charge in [-0.3, -0.25) is 4.79 Å². The Morgan fingerprint density at radius 1 is 1.24 bits per heavy atom. The van der Waals surface area contributed by atoms with Crippen LogP contribution in [0.25, 0.3) is 10.9 Å². The first kappa shape index (κ1) is 20.6. The van der Waals surface area contributed by atoms with Crippen LogP contribution in [-0.2, 0) is 6.54 Å². The van der Waals surface area contributed by atoms with Gasteiger partial charge in [0.1, 0.15) is 29.7 Å². The van der Waals surface area contributed by atoms with E-state index >= 15 is 0 Å². The van der Waals surface area contributed by atoms with E-state index in [-0.39, 0.29) is 24.1 Å². The van der Waals surface area contributed by atoms with E-state index in [1.54, 1.807) is 34.9 Å². The van der Waals surface area contributed by atoms with Crippen LogP contribution in [0.5, 0.6) is 5.75 Å². The molecule has 0 spiro atoms. The third-order valence-electron chi connectivity index (χ3n) is 4.86. The molecule has 1 aromatic heterocycles. The highest BCUT2D eigenvalue weighted by atomic mass is 19.1. The zero-order valence-electron chi connectivity index (χ0n) is 16.5.